The van der Waals surface area contributed by atoms with Gasteiger partial charge in [-0.3, -0.25) is 0 Å². The van der Waals surface area contributed by atoms with Gasteiger partial charge in [0.1, 0.15) is 0 Å². The van der Waals surface area contributed by atoms with Gasteiger partial charge in [0, 0.05) is 43.4 Å². The molecule has 0 rings (SSSR count). The number of hydrogen-bond donors (Lipinski definition) is 3. The summed E-state index contributed by atoms with van der Waals surface area (Å²) in [5, 5.41) is 0. The normalized spacial score (nSPS) is 8.43. The fourth-order valence-electron chi connectivity index (χ4n) is 0. The molecule has 4 nitrogen and oxygen atoms in total. The molecule has 3 N–H and O–H groups in total. The monoisotopic (exact) mass is 282 g/mol. The van der Waals surface area contributed by atoms with Crippen LogP contribution in [0.25, 0.3) is 0 Å². The summed E-state index contributed by atoms with van der Waals surface area (Å²) in [5.74, 6) is 0. The molecule has 7 heteroatoms. The van der Waals surface area contributed by atoms with Crippen molar-refractivity contribution in [2.45, 2.75) is 0 Å². The summed E-state index contributed by atoms with van der Waals surface area (Å²) in [7, 11) is -4.64. The molecule has 0 aliphatic heterocycles. The smallest absolute Gasteiger partial charge is 0.303 e. The van der Waals surface area contributed by atoms with E-state index in [0.717, 1.165) is 0 Å². The van der Waals surface area contributed by atoms with Crippen molar-refractivity contribution in [2.24, 2.45) is 0 Å². The van der Waals surface area contributed by atoms with E-state index in [0.29, 0.717) is 0 Å². The molecule has 0 atom stereocenters. The van der Waals surface area contributed by atoms with Crippen LogP contribution in [-0.2, 0) is 24.0 Å². The Bertz CT molecular complexity index is 57.8. The maximum absolute atomic E-state index is 8.88. The number of phosphoric acid groups is 1. The van der Waals surface area contributed by atoms with Crippen molar-refractivity contribution in [3.8, 4) is 0 Å². The molecule has 0 fully saturated rings. The summed E-state index contributed by atoms with van der Waals surface area (Å²) < 4.78 is 8.88. The molecule has 0 heterocycles. The van der Waals surface area contributed by atoms with Gasteiger partial charge < -0.3 is 14.7 Å². The zero-order chi connectivity index (χ0) is 4.50. The molecule has 38 valence electrons. The van der Waals surface area contributed by atoms with Crippen molar-refractivity contribution in [3.05, 3.63) is 0 Å². The van der Waals surface area contributed by atoms with Crippen molar-refractivity contribution < 1.29 is 38.7 Å². The molecular weight excluding hydrogens is 279 g/mol. The first-order chi connectivity index (χ1) is 2.00. The van der Waals surface area contributed by atoms with Crippen molar-refractivity contribution in [3.63, 3.8) is 0 Å². The van der Waals surface area contributed by atoms with Crippen molar-refractivity contribution in [1.82, 2.24) is 0 Å². The van der Waals surface area contributed by atoms with Crippen molar-refractivity contribution in [1.29, 1.82) is 0 Å². The summed E-state index contributed by atoms with van der Waals surface area (Å²) in [6.07, 6.45) is 0. The van der Waals surface area contributed by atoms with E-state index < -0.39 is 7.82 Å². The Morgan fingerprint density at radius 1 is 1.14 bits per heavy atom. The van der Waals surface area contributed by atoms with Gasteiger partial charge in [-0.25, -0.2) is 4.57 Å². The molecule has 4 radical (unpaired) electrons. The van der Waals surface area contributed by atoms with E-state index in [1.165, 1.54) is 0 Å². The maximum atomic E-state index is 8.88. The Hall–Kier alpha value is 1.53. The topological polar surface area (TPSA) is 77.8 Å². The number of hydrogen-bond acceptors (Lipinski definition) is 1. The van der Waals surface area contributed by atoms with Crippen LogP contribution in [0, 0.1) is 0 Å². The van der Waals surface area contributed by atoms with E-state index in [1.807, 2.05) is 0 Å². The zero-order valence-corrected chi connectivity index (χ0v) is 10.1. The molecular formula is H3O4PSnZn. The van der Waals surface area contributed by atoms with Gasteiger partial charge in [-0.1, -0.05) is 0 Å². The van der Waals surface area contributed by atoms with Gasteiger partial charge >= 0.3 is 7.82 Å². The predicted molar refractivity (Wildman–Crippen MR) is 20.0 cm³/mol. The van der Waals surface area contributed by atoms with E-state index in [9.17, 15) is 0 Å². The molecule has 0 aromatic carbocycles. The van der Waals surface area contributed by atoms with E-state index in [2.05, 4.69) is 0 Å². The molecule has 7 heavy (non-hydrogen) atoms. The molecule has 0 unspecified atom stereocenters. The predicted octanol–water partition coefficient (Wildman–Crippen LogP) is -1.31. The summed E-state index contributed by atoms with van der Waals surface area (Å²) in [6, 6.07) is 0. The Morgan fingerprint density at radius 2 is 1.14 bits per heavy atom. The van der Waals surface area contributed by atoms with Gasteiger partial charge in [0.25, 0.3) is 0 Å². The van der Waals surface area contributed by atoms with Gasteiger partial charge in [0.15, 0.2) is 0 Å². The first-order valence-corrected chi connectivity index (χ1v) is 2.35. The Kier molecular flexibility index (Phi) is 12.8. The minimum Gasteiger partial charge on any atom is -0.303 e. The van der Waals surface area contributed by atoms with Crippen LogP contribution in [0.1, 0.15) is 0 Å². The summed E-state index contributed by atoms with van der Waals surface area (Å²) >= 11 is 0. The largest absolute Gasteiger partial charge is 0.466 e. The van der Waals surface area contributed by atoms with Crippen LogP contribution >= 0.6 is 7.82 Å². The first kappa shape index (κ1) is 15.8. The van der Waals surface area contributed by atoms with Gasteiger partial charge in [-0.15, -0.1) is 0 Å². The molecule has 0 aromatic rings. The molecule has 0 saturated carbocycles. The van der Waals surface area contributed by atoms with Crippen LogP contribution in [0.3, 0.4) is 0 Å². The van der Waals surface area contributed by atoms with Gasteiger partial charge in [-0.2, -0.15) is 0 Å². The molecule has 0 amide bonds. The molecule has 0 spiro atoms. The maximum Gasteiger partial charge on any atom is 0.466 e. The Morgan fingerprint density at radius 3 is 1.14 bits per heavy atom. The minimum absolute atomic E-state index is 0. The summed E-state index contributed by atoms with van der Waals surface area (Å²) in [6.45, 7) is 0. The molecule has 0 saturated heterocycles. The minimum atomic E-state index is -4.64. The van der Waals surface area contributed by atoms with E-state index in [1.54, 1.807) is 0 Å². The van der Waals surface area contributed by atoms with Crippen LogP contribution in [0.5, 0.6) is 0 Å². The van der Waals surface area contributed by atoms with Crippen LogP contribution in [0.4, 0.5) is 0 Å². The SMILES string of the molecule is O=P(O)(O)O.[Sn].[Zn]. The quantitative estimate of drug-likeness (QED) is 0.381. The van der Waals surface area contributed by atoms with Gasteiger partial charge in [0.2, 0.25) is 0 Å². The van der Waals surface area contributed by atoms with Crippen LogP contribution in [0.15, 0.2) is 0 Å². The van der Waals surface area contributed by atoms with E-state index in [-0.39, 0.29) is 43.4 Å². The zero-order valence-electron chi connectivity index (χ0n) is 3.40. The average Bonchev–Trinajstić information content (AvgIpc) is 0.722. The van der Waals surface area contributed by atoms with Crippen molar-refractivity contribution in [2.75, 3.05) is 0 Å². The third-order valence-electron chi connectivity index (χ3n) is 0. The molecule has 0 aliphatic rings. The van der Waals surface area contributed by atoms with E-state index in [4.69, 9.17) is 19.2 Å². The van der Waals surface area contributed by atoms with Crippen LogP contribution < -0.4 is 0 Å². The second kappa shape index (κ2) is 5.66. The fraction of sp³-hybridized carbons (Fsp3) is 0. The van der Waals surface area contributed by atoms with Crippen LogP contribution in [-0.4, -0.2) is 38.6 Å². The fourth-order valence-corrected chi connectivity index (χ4v) is 0. The Labute approximate surface area is 70.3 Å². The standard InChI is InChI=1S/H3O4P.Sn.Zn/c1-5(2,3)4;;/h(H3,1,2,3,4);;. The third kappa shape index (κ3) is 98.2. The molecule has 0 aromatic heterocycles. The van der Waals surface area contributed by atoms with Crippen molar-refractivity contribution >= 4 is 31.7 Å². The third-order valence-corrected chi connectivity index (χ3v) is 0. The Balaban J connectivity index is -0.0000000800. The van der Waals surface area contributed by atoms with Crippen LogP contribution in [0.2, 0.25) is 0 Å². The number of rotatable bonds is 0. The van der Waals surface area contributed by atoms with Gasteiger partial charge in [0.05, 0.1) is 0 Å². The average molecular weight is 282 g/mol. The summed E-state index contributed by atoms with van der Waals surface area (Å²) in [5.41, 5.74) is 0. The summed E-state index contributed by atoms with van der Waals surface area (Å²) in [4.78, 5) is 21.6. The molecule has 0 aliphatic carbocycles. The first-order valence-electron chi connectivity index (χ1n) is 0.783. The second-order valence-electron chi connectivity index (χ2n) is 0.513. The molecule has 0 bridgehead atoms. The van der Waals surface area contributed by atoms with Gasteiger partial charge in [-0.05, 0) is 0 Å². The van der Waals surface area contributed by atoms with E-state index >= 15 is 0 Å². The second-order valence-corrected chi connectivity index (χ2v) is 1.54.